The number of amides is 1. The second-order valence-corrected chi connectivity index (χ2v) is 6.53. The van der Waals surface area contributed by atoms with E-state index in [4.69, 9.17) is 16.3 Å². The molecule has 1 aliphatic heterocycles. The number of hydrogen-bond acceptors (Lipinski definition) is 4. The van der Waals surface area contributed by atoms with Crippen LogP contribution in [0.2, 0.25) is 5.02 Å². The van der Waals surface area contributed by atoms with Gasteiger partial charge in [-0.1, -0.05) is 11.6 Å². The molecule has 0 saturated heterocycles. The molecule has 1 aromatic heterocycles. The largest absolute Gasteiger partial charge is 0.444 e. The van der Waals surface area contributed by atoms with Crippen LogP contribution in [-0.4, -0.2) is 33.9 Å². The van der Waals surface area contributed by atoms with Gasteiger partial charge in [0.25, 0.3) is 0 Å². The van der Waals surface area contributed by atoms with E-state index in [9.17, 15) is 9.59 Å². The lowest BCUT2D eigenvalue weighted by molar-refractivity contribution is 0.0222. The quantitative estimate of drug-likeness (QED) is 0.747. The zero-order valence-electron chi connectivity index (χ0n) is 12.7. The van der Waals surface area contributed by atoms with Gasteiger partial charge in [0.05, 0.1) is 6.54 Å². The molecule has 0 atom stereocenters. The lowest BCUT2D eigenvalue weighted by atomic mass is 10.0. The predicted octanol–water partition coefficient (Wildman–Crippen LogP) is 3.23. The first-order valence-electron chi connectivity index (χ1n) is 6.84. The molecular formula is C15H19ClN2O3. The van der Waals surface area contributed by atoms with Crippen molar-refractivity contribution in [3.05, 3.63) is 28.0 Å². The highest BCUT2D eigenvalue weighted by Crippen LogP contribution is 2.27. The molecule has 0 spiro atoms. The lowest BCUT2D eigenvalue weighted by Crippen LogP contribution is -2.40. The van der Waals surface area contributed by atoms with Gasteiger partial charge in [0.15, 0.2) is 5.78 Å². The van der Waals surface area contributed by atoms with Crippen molar-refractivity contribution in [2.75, 3.05) is 6.54 Å². The summed E-state index contributed by atoms with van der Waals surface area (Å²) in [6.07, 6.45) is 0.204. The van der Waals surface area contributed by atoms with Gasteiger partial charge in [0, 0.05) is 36.2 Å². The lowest BCUT2D eigenvalue weighted by Gasteiger charge is -2.31. The number of carbonyl (C=O) groups is 2. The van der Waals surface area contributed by atoms with Gasteiger partial charge >= 0.3 is 6.09 Å². The minimum Gasteiger partial charge on any atom is -0.444 e. The van der Waals surface area contributed by atoms with E-state index < -0.39 is 5.60 Å². The fourth-order valence-corrected chi connectivity index (χ4v) is 2.41. The Morgan fingerprint density at radius 2 is 2.05 bits per heavy atom. The maximum atomic E-state index is 12.1. The predicted molar refractivity (Wildman–Crippen MR) is 79.6 cm³/mol. The van der Waals surface area contributed by atoms with Gasteiger partial charge in [0.2, 0.25) is 0 Å². The highest BCUT2D eigenvalue weighted by atomic mass is 35.5. The van der Waals surface area contributed by atoms with Crippen molar-refractivity contribution in [3.63, 3.8) is 0 Å². The standard InChI is InChI=1S/C15H19ClN2O3/c1-9(19)13-7-11(16)10-8-18(6-5-12(10)17-13)14(20)21-15(2,3)4/h7H,5-6,8H2,1-4H3. The third kappa shape index (κ3) is 3.73. The summed E-state index contributed by atoms with van der Waals surface area (Å²) in [7, 11) is 0. The van der Waals surface area contributed by atoms with Crippen LogP contribution in [0.4, 0.5) is 4.79 Å². The molecule has 0 saturated carbocycles. The molecule has 1 aromatic rings. The second kappa shape index (κ2) is 5.64. The van der Waals surface area contributed by atoms with Crippen LogP contribution in [0.3, 0.4) is 0 Å². The summed E-state index contributed by atoms with van der Waals surface area (Å²) in [4.78, 5) is 29.4. The summed E-state index contributed by atoms with van der Waals surface area (Å²) in [6, 6.07) is 1.56. The molecule has 1 aliphatic rings. The molecule has 0 unspecified atom stereocenters. The minimum atomic E-state index is -0.530. The molecule has 1 amide bonds. The SMILES string of the molecule is CC(=O)c1cc(Cl)c2c(n1)CCN(C(=O)OC(C)(C)C)C2. The van der Waals surface area contributed by atoms with Crippen LogP contribution >= 0.6 is 11.6 Å². The Hall–Kier alpha value is -1.62. The molecule has 114 valence electrons. The normalized spacial score (nSPS) is 14.6. The van der Waals surface area contributed by atoms with E-state index in [1.807, 2.05) is 20.8 Å². The van der Waals surface area contributed by atoms with Crippen LogP contribution in [-0.2, 0) is 17.7 Å². The van der Waals surface area contributed by atoms with Crippen LogP contribution in [0.25, 0.3) is 0 Å². The van der Waals surface area contributed by atoms with Crippen LogP contribution in [0.5, 0.6) is 0 Å². The average Bonchev–Trinajstić information content (AvgIpc) is 2.36. The number of rotatable bonds is 1. The van der Waals surface area contributed by atoms with E-state index in [0.717, 1.165) is 11.3 Å². The Labute approximate surface area is 129 Å². The van der Waals surface area contributed by atoms with Gasteiger partial charge in [-0.2, -0.15) is 0 Å². The molecule has 0 radical (unpaired) electrons. The fraction of sp³-hybridized carbons (Fsp3) is 0.533. The molecule has 0 fully saturated rings. The molecule has 21 heavy (non-hydrogen) atoms. The van der Waals surface area contributed by atoms with Crippen molar-refractivity contribution in [1.29, 1.82) is 0 Å². The Morgan fingerprint density at radius 1 is 1.38 bits per heavy atom. The number of carbonyl (C=O) groups excluding carboxylic acids is 2. The number of halogens is 1. The first kappa shape index (κ1) is 15.8. The van der Waals surface area contributed by atoms with Crippen molar-refractivity contribution in [3.8, 4) is 0 Å². The first-order chi connectivity index (χ1) is 9.67. The van der Waals surface area contributed by atoms with Crippen LogP contribution in [0.15, 0.2) is 6.07 Å². The van der Waals surface area contributed by atoms with E-state index in [2.05, 4.69) is 4.98 Å². The van der Waals surface area contributed by atoms with Crippen molar-refractivity contribution in [1.82, 2.24) is 9.88 Å². The first-order valence-corrected chi connectivity index (χ1v) is 7.22. The third-order valence-electron chi connectivity index (χ3n) is 3.14. The molecule has 6 heteroatoms. The number of ketones is 1. The summed E-state index contributed by atoms with van der Waals surface area (Å²) in [5.74, 6) is -0.116. The Bertz CT molecular complexity index is 593. The number of Topliss-reactive ketones (excluding diaryl/α,β-unsaturated/α-hetero) is 1. The van der Waals surface area contributed by atoms with E-state index in [-0.39, 0.29) is 11.9 Å². The zero-order chi connectivity index (χ0) is 15.8. The number of fused-ring (bicyclic) bond motifs is 1. The van der Waals surface area contributed by atoms with Gasteiger partial charge in [-0.25, -0.2) is 9.78 Å². The molecule has 0 aromatic carbocycles. The van der Waals surface area contributed by atoms with Gasteiger partial charge in [-0.05, 0) is 26.8 Å². The third-order valence-corrected chi connectivity index (χ3v) is 3.47. The fourth-order valence-electron chi connectivity index (χ4n) is 2.14. The summed E-state index contributed by atoms with van der Waals surface area (Å²) < 4.78 is 5.36. The Kier molecular flexibility index (Phi) is 4.23. The van der Waals surface area contributed by atoms with Gasteiger partial charge in [-0.15, -0.1) is 0 Å². The Morgan fingerprint density at radius 3 is 2.62 bits per heavy atom. The number of pyridine rings is 1. The van der Waals surface area contributed by atoms with Crippen molar-refractivity contribution >= 4 is 23.5 Å². The topological polar surface area (TPSA) is 59.5 Å². The van der Waals surface area contributed by atoms with Crippen LogP contribution < -0.4 is 0 Å². The smallest absolute Gasteiger partial charge is 0.410 e. The van der Waals surface area contributed by atoms with Gasteiger partial charge in [-0.3, -0.25) is 4.79 Å². The zero-order valence-corrected chi connectivity index (χ0v) is 13.5. The maximum absolute atomic E-state index is 12.1. The van der Waals surface area contributed by atoms with Gasteiger partial charge < -0.3 is 9.64 Å². The molecule has 0 N–H and O–H groups in total. The van der Waals surface area contributed by atoms with Crippen LogP contribution in [0.1, 0.15) is 49.4 Å². The van der Waals surface area contributed by atoms with Crippen molar-refractivity contribution in [2.45, 2.75) is 46.3 Å². The minimum absolute atomic E-state index is 0.116. The summed E-state index contributed by atoms with van der Waals surface area (Å²) in [6.45, 7) is 7.81. The Balaban J connectivity index is 2.21. The summed E-state index contributed by atoms with van der Waals surface area (Å²) in [5.41, 5.74) is 1.41. The van der Waals surface area contributed by atoms with Crippen molar-refractivity contribution < 1.29 is 14.3 Å². The van der Waals surface area contributed by atoms with Crippen molar-refractivity contribution in [2.24, 2.45) is 0 Å². The number of aromatic nitrogens is 1. The monoisotopic (exact) mass is 310 g/mol. The average molecular weight is 311 g/mol. The molecule has 0 aliphatic carbocycles. The van der Waals surface area contributed by atoms with Crippen LogP contribution in [0, 0.1) is 0 Å². The second-order valence-electron chi connectivity index (χ2n) is 6.12. The van der Waals surface area contributed by atoms with E-state index >= 15 is 0 Å². The molecule has 2 rings (SSSR count). The van der Waals surface area contributed by atoms with Gasteiger partial charge in [0.1, 0.15) is 11.3 Å². The molecular weight excluding hydrogens is 292 g/mol. The highest BCUT2D eigenvalue weighted by molar-refractivity contribution is 6.31. The molecule has 5 nitrogen and oxygen atoms in total. The molecule has 2 heterocycles. The van der Waals surface area contributed by atoms with E-state index in [1.54, 1.807) is 11.0 Å². The summed E-state index contributed by atoms with van der Waals surface area (Å²) in [5, 5.41) is 0.471. The summed E-state index contributed by atoms with van der Waals surface area (Å²) >= 11 is 6.22. The van der Waals surface area contributed by atoms with E-state index in [0.29, 0.717) is 30.2 Å². The number of hydrogen-bond donors (Lipinski definition) is 0. The highest BCUT2D eigenvalue weighted by Gasteiger charge is 2.28. The van der Waals surface area contributed by atoms with E-state index in [1.165, 1.54) is 6.92 Å². The number of nitrogens with zero attached hydrogens (tertiary/aromatic N) is 2. The maximum Gasteiger partial charge on any atom is 0.410 e. The number of ether oxygens (including phenoxy) is 1. The molecule has 0 bridgehead atoms.